The lowest BCUT2D eigenvalue weighted by Crippen LogP contribution is -2.57. The van der Waals surface area contributed by atoms with E-state index in [1.54, 1.807) is 4.90 Å². The van der Waals surface area contributed by atoms with Gasteiger partial charge in [-0.25, -0.2) is 0 Å². The molecule has 2 fully saturated rings. The first-order valence-corrected chi connectivity index (χ1v) is 10.5. The molecule has 2 amide bonds. The first kappa shape index (κ1) is 20.8. The number of hydrogen-bond donors (Lipinski definition) is 1. The average molecular weight is 388 g/mol. The molecule has 6 heteroatoms. The maximum absolute atomic E-state index is 12.7. The summed E-state index contributed by atoms with van der Waals surface area (Å²) in [6.07, 6.45) is 4.32. The number of hydrogen-bond acceptors (Lipinski definition) is 4. The van der Waals surface area contributed by atoms with Gasteiger partial charge in [-0.1, -0.05) is 30.3 Å². The molecule has 3 rings (SSSR count). The Morgan fingerprint density at radius 3 is 2.75 bits per heavy atom. The third-order valence-corrected chi connectivity index (χ3v) is 5.98. The molecule has 0 aliphatic carbocycles. The molecule has 154 valence electrons. The predicted octanol–water partition coefficient (Wildman–Crippen LogP) is 1.69. The number of nitrogens with zero attached hydrogens (tertiary/aromatic N) is 2. The van der Waals surface area contributed by atoms with Crippen LogP contribution in [0.1, 0.15) is 31.2 Å². The zero-order chi connectivity index (χ0) is 19.8. The Hall–Kier alpha value is -1.92. The van der Waals surface area contributed by atoms with E-state index in [0.717, 1.165) is 58.5 Å². The topological polar surface area (TPSA) is 61.9 Å². The van der Waals surface area contributed by atoms with Crippen LogP contribution < -0.4 is 5.32 Å². The highest BCUT2D eigenvalue weighted by molar-refractivity contribution is 5.88. The van der Waals surface area contributed by atoms with Crippen LogP contribution in [0, 0.1) is 5.92 Å². The summed E-state index contributed by atoms with van der Waals surface area (Å²) in [4.78, 5) is 29.1. The molecule has 0 aromatic heterocycles. The van der Waals surface area contributed by atoms with Gasteiger partial charge in [0.25, 0.3) is 0 Å². The average Bonchev–Trinajstić information content (AvgIpc) is 2.73. The molecule has 1 unspecified atom stereocenters. The smallest absolute Gasteiger partial charge is 0.237 e. The highest BCUT2D eigenvalue weighted by atomic mass is 16.5. The van der Waals surface area contributed by atoms with Gasteiger partial charge in [-0.2, -0.15) is 0 Å². The maximum Gasteiger partial charge on any atom is 0.237 e. The molecule has 1 aromatic rings. The molecule has 28 heavy (non-hydrogen) atoms. The number of benzene rings is 1. The molecule has 0 spiro atoms. The van der Waals surface area contributed by atoms with Gasteiger partial charge in [0.15, 0.2) is 0 Å². The lowest BCUT2D eigenvalue weighted by Gasteiger charge is -2.35. The Balaban J connectivity index is 1.49. The minimum atomic E-state index is -0.365. The Bertz CT molecular complexity index is 631. The zero-order valence-corrected chi connectivity index (χ0v) is 16.9. The summed E-state index contributed by atoms with van der Waals surface area (Å²) < 4.78 is 5.40. The highest BCUT2D eigenvalue weighted by Gasteiger charge is 2.32. The van der Waals surface area contributed by atoms with Gasteiger partial charge in [0.2, 0.25) is 11.8 Å². The van der Waals surface area contributed by atoms with Crippen LogP contribution in [0.3, 0.4) is 0 Å². The van der Waals surface area contributed by atoms with Crippen molar-refractivity contribution < 1.29 is 14.3 Å². The number of ether oxygens (including phenoxy) is 1. The molecule has 1 atom stereocenters. The summed E-state index contributed by atoms with van der Waals surface area (Å²) in [6, 6.07) is 9.92. The molecule has 2 aliphatic heterocycles. The number of rotatable bonds is 8. The number of carbonyl (C=O) groups is 2. The summed E-state index contributed by atoms with van der Waals surface area (Å²) >= 11 is 0. The van der Waals surface area contributed by atoms with Gasteiger partial charge in [0, 0.05) is 46.4 Å². The van der Waals surface area contributed by atoms with Gasteiger partial charge < -0.3 is 15.0 Å². The first-order valence-electron chi connectivity index (χ1n) is 10.5. The predicted molar refractivity (Wildman–Crippen MR) is 109 cm³/mol. The van der Waals surface area contributed by atoms with E-state index >= 15 is 0 Å². The van der Waals surface area contributed by atoms with Gasteiger partial charge in [-0.05, 0) is 37.2 Å². The van der Waals surface area contributed by atoms with E-state index in [2.05, 4.69) is 22.3 Å². The van der Waals surface area contributed by atoms with E-state index in [1.165, 1.54) is 5.56 Å². The number of amides is 2. The van der Waals surface area contributed by atoms with Crippen molar-refractivity contribution in [3.05, 3.63) is 35.9 Å². The second-order valence-electron chi connectivity index (χ2n) is 7.94. The number of carbonyl (C=O) groups excluding carboxylic acids is 2. The molecule has 0 bridgehead atoms. The fourth-order valence-corrected chi connectivity index (χ4v) is 4.03. The summed E-state index contributed by atoms with van der Waals surface area (Å²) in [7, 11) is 1.86. The molecule has 6 nitrogen and oxygen atoms in total. The second kappa shape index (κ2) is 10.6. The van der Waals surface area contributed by atoms with Crippen LogP contribution in [0.5, 0.6) is 0 Å². The third-order valence-electron chi connectivity index (χ3n) is 5.98. The van der Waals surface area contributed by atoms with Crippen LogP contribution in [0.25, 0.3) is 0 Å². The molecule has 2 aliphatic rings. The number of nitrogens with one attached hydrogen (secondary N) is 1. The summed E-state index contributed by atoms with van der Waals surface area (Å²) in [5, 5.41) is 2.92. The van der Waals surface area contributed by atoms with E-state index in [9.17, 15) is 9.59 Å². The molecular weight excluding hydrogens is 354 g/mol. The molecule has 1 aromatic carbocycles. The lowest BCUT2D eigenvalue weighted by atomic mass is 9.96. The third kappa shape index (κ3) is 6.04. The maximum atomic E-state index is 12.7. The van der Waals surface area contributed by atoms with Crippen LogP contribution in [0.4, 0.5) is 0 Å². The lowest BCUT2D eigenvalue weighted by molar-refractivity contribution is -0.138. The van der Waals surface area contributed by atoms with Crippen molar-refractivity contribution in [2.45, 2.75) is 38.1 Å². The second-order valence-corrected chi connectivity index (χ2v) is 7.94. The Morgan fingerprint density at radius 2 is 2.00 bits per heavy atom. The van der Waals surface area contributed by atoms with E-state index in [1.807, 2.05) is 25.2 Å². The molecule has 2 saturated heterocycles. The first-order chi connectivity index (χ1) is 13.6. The monoisotopic (exact) mass is 387 g/mol. The van der Waals surface area contributed by atoms with Crippen LogP contribution >= 0.6 is 0 Å². The van der Waals surface area contributed by atoms with E-state index in [0.29, 0.717) is 12.5 Å². The fraction of sp³-hybridized carbons (Fsp3) is 0.636. The minimum absolute atomic E-state index is 0.0227. The van der Waals surface area contributed by atoms with Crippen molar-refractivity contribution in [2.24, 2.45) is 5.92 Å². The quantitative estimate of drug-likeness (QED) is 0.738. The highest BCUT2D eigenvalue weighted by Crippen LogP contribution is 2.19. The van der Waals surface area contributed by atoms with Crippen molar-refractivity contribution in [1.29, 1.82) is 0 Å². The molecule has 0 saturated carbocycles. The van der Waals surface area contributed by atoms with Crippen molar-refractivity contribution >= 4 is 11.8 Å². The van der Waals surface area contributed by atoms with Crippen molar-refractivity contribution in [3.63, 3.8) is 0 Å². The largest absolute Gasteiger partial charge is 0.381 e. The van der Waals surface area contributed by atoms with Gasteiger partial charge >= 0.3 is 0 Å². The molecule has 2 heterocycles. The summed E-state index contributed by atoms with van der Waals surface area (Å²) in [5.41, 5.74) is 1.26. The van der Waals surface area contributed by atoms with Gasteiger partial charge in [-0.15, -0.1) is 0 Å². The molecule has 1 N–H and O–H groups in total. The van der Waals surface area contributed by atoms with E-state index in [-0.39, 0.29) is 24.3 Å². The Morgan fingerprint density at radius 1 is 1.25 bits per heavy atom. The van der Waals surface area contributed by atoms with Crippen molar-refractivity contribution in [3.8, 4) is 0 Å². The van der Waals surface area contributed by atoms with Crippen molar-refractivity contribution in [1.82, 2.24) is 15.1 Å². The number of piperazine rings is 1. The Kier molecular flexibility index (Phi) is 7.86. The summed E-state index contributed by atoms with van der Waals surface area (Å²) in [6.45, 7) is 4.66. The van der Waals surface area contributed by atoms with E-state index < -0.39 is 0 Å². The van der Waals surface area contributed by atoms with Crippen LogP contribution in [0.15, 0.2) is 30.3 Å². The molecule has 0 radical (unpaired) electrons. The standard InChI is InChI=1S/C22H33N3O3/c1-24(12-7-19-9-15-28-16-10-19)21(26)17-20-22(27)23-11-14-25(20)13-8-18-5-3-2-4-6-18/h2-6,19-20H,7-17H2,1H3,(H,23,27). The minimum Gasteiger partial charge on any atom is -0.381 e. The fourth-order valence-electron chi connectivity index (χ4n) is 4.03. The summed E-state index contributed by atoms with van der Waals surface area (Å²) in [5.74, 6) is 0.675. The van der Waals surface area contributed by atoms with Crippen molar-refractivity contribution in [2.75, 3.05) is 46.4 Å². The van der Waals surface area contributed by atoms with Gasteiger partial charge in [0.05, 0.1) is 12.5 Å². The zero-order valence-electron chi connectivity index (χ0n) is 16.9. The van der Waals surface area contributed by atoms with Crippen LogP contribution in [-0.4, -0.2) is 74.1 Å². The van der Waals surface area contributed by atoms with Gasteiger partial charge in [-0.3, -0.25) is 14.5 Å². The van der Waals surface area contributed by atoms with E-state index in [4.69, 9.17) is 4.74 Å². The molecular formula is C22H33N3O3. The van der Waals surface area contributed by atoms with Crippen LogP contribution in [0.2, 0.25) is 0 Å². The SMILES string of the molecule is CN(CCC1CCOCC1)C(=O)CC1C(=O)NCCN1CCc1ccccc1. The van der Waals surface area contributed by atoms with Crippen LogP contribution in [-0.2, 0) is 20.7 Å². The van der Waals surface area contributed by atoms with Gasteiger partial charge in [0.1, 0.15) is 0 Å². The normalized spacial score (nSPS) is 21.3. The Labute approximate surface area is 168 Å².